The average molecular weight is 199 g/mol. The highest BCUT2D eigenvalue weighted by molar-refractivity contribution is 4.73. The Balaban J connectivity index is 1.60. The molecule has 1 atom stereocenters. The van der Waals surface area contributed by atoms with Gasteiger partial charge in [-0.15, -0.1) is 0 Å². The number of nitrogens with one attached hydrogen (secondary N) is 1. The zero-order valence-corrected chi connectivity index (χ0v) is 8.84. The van der Waals surface area contributed by atoms with Crippen LogP contribution in [-0.2, 0) is 9.47 Å². The fourth-order valence-corrected chi connectivity index (χ4v) is 2.20. The first-order valence-electron chi connectivity index (χ1n) is 5.84. The molecule has 2 aliphatic rings. The first kappa shape index (κ1) is 10.4. The third kappa shape index (κ3) is 3.23. The van der Waals surface area contributed by atoms with Crippen LogP contribution in [0.15, 0.2) is 0 Å². The molecule has 0 spiro atoms. The van der Waals surface area contributed by atoms with Gasteiger partial charge < -0.3 is 14.8 Å². The van der Waals surface area contributed by atoms with E-state index in [2.05, 4.69) is 5.32 Å². The summed E-state index contributed by atoms with van der Waals surface area (Å²) in [7, 11) is 0. The number of hydrogen-bond donors (Lipinski definition) is 1. The van der Waals surface area contributed by atoms with Crippen LogP contribution in [0.5, 0.6) is 0 Å². The lowest BCUT2D eigenvalue weighted by Gasteiger charge is -2.27. The van der Waals surface area contributed by atoms with Gasteiger partial charge in [0.2, 0.25) is 0 Å². The van der Waals surface area contributed by atoms with Crippen molar-refractivity contribution in [2.24, 2.45) is 5.92 Å². The van der Waals surface area contributed by atoms with E-state index in [1.54, 1.807) is 0 Å². The van der Waals surface area contributed by atoms with Crippen LogP contribution >= 0.6 is 0 Å². The van der Waals surface area contributed by atoms with E-state index in [1.807, 2.05) is 0 Å². The normalized spacial score (nSPS) is 30.4. The summed E-state index contributed by atoms with van der Waals surface area (Å²) >= 11 is 0. The van der Waals surface area contributed by atoms with Gasteiger partial charge in [-0.2, -0.15) is 0 Å². The van der Waals surface area contributed by atoms with Gasteiger partial charge in [-0.3, -0.25) is 0 Å². The Morgan fingerprint density at radius 1 is 1.00 bits per heavy atom. The van der Waals surface area contributed by atoms with Gasteiger partial charge in [-0.1, -0.05) is 0 Å². The minimum atomic E-state index is 0.686. The molecule has 0 bridgehead atoms. The van der Waals surface area contributed by atoms with E-state index in [4.69, 9.17) is 9.47 Å². The lowest BCUT2D eigenvalue weighted by Crippen LogP contribution is -2.39. The molecule has 2 rings (SSSR count). The van der Waals surface area contributed by atoms with Crippen LogP contribution in [-0.4, -0.2) is 39.0 Å². The molecule has 3 nitrogen and oxygen atoms in total. The summed E-state index contributed by atoms with van der Waals surface area (Å²) in [5.41, 5.74) is 0. The lowest BCUT2D eigenvalue weighted by atomic mass is 10.0. The first-order valence-corrected chi connectivity index (χ1v) is 5.84. The van der Waals surface area contributed by atoms with Crippen molar-refractivity contribution in [1.29, 1.82) is 0 Å². The third-order valence-electron chi connectivity index (χ3n) is 3.17. The van der Waals surface area contributed by atoms with Crippen LogP contribution in [0.25, 0.3) is 0 Å². The molecular weight excluding hydrogens is 178 g/mol. The molecule has 14 heavy (non-hydrogen) atoms. The maximum Gasteiger partial charge on any atom is 0.0506 e. The molecule has 82 valence electrons. The molecular formula is C11H21NO2. The summed E-state index contributed by atoms with van der Waals surface area (Å²) < 4.78 is 10.8. The van der Waals surface area contributed by atoms with Crippen LogP contribution in [0.3, 0.4) is 0 Å². The zero-order valence-electron chi connectivity index (χ0n) is 8.84. The molecule has 0 saturated carbocycles. The standard InChI is InChI=1S/C11H21NO2/c1-2-10(9-14-5-1)8-12-11-3-6-13-7-4-11/h10-12H,1-9H2. The Morgan fingerprint density at radius 2 is 1.86 bits per heavy atom. The van der Waals surface area contributed by atoms with E-state index in [0.717, 1.165) is 38.9 Å². The number of rotatable bonds is 3. The summed E-state index contributed by atoms with van der Waals surface area (Å²) in [6, 6.07) is 0.686. The van der Waals surface area contributed by atoms with Crippen molar-refractivity contribution in [3.05, 3.63) is 0 Å². The van der Waals surface area contributed by atoms with Crippen molar-refractivity contribution in [3.63, 3.8) is 0 Å². The van der Waals surface area contributed by atoms with Gasteiger partial charge in [0.05, 0.1) is 6.61 Å². The second kappa shape index (κ2) is 5.69. The Labute approximate surface area is 86.2 Å². The smallest absolute Gasteiger partial charge is 0.0506 e. The van der Waals surface area contributed by atoms with Crippen molar-refractivity contribution < 1.29 is 9.47 Å². The zero-order chi connectivity index (χ0) is 9.64. The molecule has 0 aromatic rings. The Morgan fingerprint density at radius 3 is 2.57 bits per heavy atom. The van der Waals surface area contributed by atoms with Crippen molar-refractivity contribution in [2.45, 2.75) is 31.7 Å². The topological polar surface area (TPSA) is 30.5 Å². The second-order valence-corrected chi connectivity index (χ2v) is 4.38. The molecule has 2 saturated heterocycles. The lowest BCUT2D eigenvalue weighted by molar-refractivity contribution is 0.0468. The summed E-state index contributed by atoms with van der Waals surface area (Å²) in [4.78, 5) is 0. The first-order chi connectivity index (χ1) is 6.95. The SMILES string of the molecule is C1COCC(CNC2CCOCC2)C1. The van der Waals surface area contributed by atoms with Gasteiger partial charge in [0.1, 0.15) is 0 Å². The number of ether oxygens (including phenoxy) is 2. The molecule has 2 aliphatic heterocycles. The Kier molecular flexibility index (Phi) is 4.22. The largest absolute Gasteiger partial charge is 0.381 e. The van der Waals surface area contributed by atoms with E-state index in [-0.39, 0.29) is 0 Å². The molecule has 0 aromatic carbocycles. The van der Waals surface area contributed by atoms with Crippen LogP contribution in [0.1, 0.15) is 25.7 Å². The summed E-state index contributed by atoms with van der Waals surface area (Å²) in [6.07, 6.45) is 4.91. The minimum Gasteiger partial charge on any atom is -0.381 e. The fraction of sp³-hybridized carbons (Fsp3) is 1.00. The Hall–Kier alpha value is -0.120. The van der Waals surface area contributed by atoms with E-state index >= 15 is 0 Å². The molecule has 0 aliphatic carbocycles. The predicted molar refractivity (Wildman–Crippen MR) is 55.4 cm³/mol. The number of hydrogen-bond acceptors (Lipinski definition) is 3. The summed E-state index contributed by atoms with van der Waals surface area (Å²) in [5, 5.41) is 3.63. The van der Waals surface area contributed by atoms with Crippen LogP contribution < -0.4 is 5.32 Å². The molecule has 0 radical (unpaired) electrons. The highest BCUT2D eigenvalue weighted by atomic mass is 16.5. The van der Waals surface area contributed by atoms with E-state index < -0.39 is 0 Å². The average Bonchev–Trinajstić information content (AvgIpc) is 2.29. The fourth-order valence-electron chi connectivity index (χ4n) is 2.20. The van der Waals surface area contributed by atoms with Gasteiger partial charge in [0, 0.05) is 32.4 Å². The molecule has 1 unspecified atom stereocenters. The predicted octanol–water partition coefficient (Wildman–Crippen LogP) is 1.18. The summed E-state index contributed by atoms with van der Waals surface area (Å²) in [6.45, 7) is 4.91. The second-order valence-electron chi connectivity index (χ2n) is 4.38. The van der Waals surface area contributed by atoms with Gasteiger partial charge in [0.15, 0.2) is 0 Å². The Bertz CT molecular complexity index is 133. The molecule has 2 fully saturated rings. The van der Waals surface area contributed by atoms with E-state index in [0.29, 0.717) is 6.04 Å². The maximum absolute atomic E-state index is 5.46. The monoisotopic (exact) mass is 199 g/mol. The summed E-state index contributed by atoms with van der Waals surface area (Å²) in [5.74, 6) is 0.742. The highest BCUT2D eigenvalue weighted by Crippen LogP contribution is 2.13. The van der Waals surface area contributed by atoms with Crippen molar-refractivity contribution in [1.82, 2.24) is 5.32 Å². The van der Waals surface area contributed by atoms with Crippen LogP contribution in [0.4, 0.5) is 0 Å². The third-order valence-corrected chi connectivity index (χ3v) is 3.17. The van der Waals surface area contributed by atoms with E-state index in [9.17, 15) is 0 Å². The molecule has 0 amide bonds. The highest BCUT2D eigenvalue weighted by Gasteiger charge is 2.17. The van der Waals surface area contributed by atoms with E-state index in [1.165, 1.54) is 25.7 Å². The molecule has 3 heteroatoms. The van der Waals surface area contributed by atoms with Gasteiger partial charge in [0.25, 0.3) is 0 Å². The molecule has 0 aromatic heterocycles. The van der Waals surface area contributed by atoms with Crippen molar-refractivity contribution in [2.75, 3.05) is 33.0 Å². The van der Waals surface area contributed by atoms with Crippen molar-refractivity contribution in [3.8, 4) is 0 Å². The quantitative estimate of drug-likeness (QED) is 0.740. The van der Waals surface area contributed by atoms with Gasteiger partial charge in [-0.25, -0.2) is 0 Å². The van der Waals surface area contributed by atoms with Crippen LogP contribution in [0.2, 0.25) is 0 Å². The molecule has 2 heterocycles. The van der Waals surface area contributed by atoms with Gasteiger partial charge in [-0.05, 0) is 31.6 Å². The van der Waals surface area contributed by atoms with Gasteiger partial charge >= 0.3 is 0 Å². The molecule has 1 N–H and O–H groups in total. The minimum absolute atomic E-state index is 0.686. The van der Waals surface area contributed by atoms with Crippen LogP contribution in [0, 0.1) is 5.92 Å². The maximum atomic E-state index is 5.46. The van der Waals surface area contributed by atoms with Crippen molar-refractivity contribution >= 4 is 0 Å².